The second kappa shape index (κ2) is 10.0. The van der Waals surface area contributed by atoms with E-state index in [2.05, 4.69) is 15.2 Å². The van der Waals surface area contributed by atoms with Gasteiger partial charge < -0.3 is 15.3 Å². The Kier molecular flexibility index (Phi) is 7.96. The van der Waals surface area contributed by atoms with Gasteiger partial charge in [0.1, 0.15) is 9.88 Å². The lowest BCUT2D eigenvalue weighted by molar-refractivity contribution is -0.192. The van der Waals surface area contributed by atoms with Crippen LogP contribution in [-0.2, 0) is 16.1 Å². The van der Waals surface area contributed by atoms with Gasteiger partial charge in [0.25, 0.3) is 5.91 Å². The van der Waals surface area contributed by atoms with Gasteiger partial charge in [0.05, 0.1) is 12.7 Å². The Morgan fingerprint density at radius 1 is 1.31 bits per heavy atom. The number of nitrogens with one attached hydrogen (secondary N) is 1. The number of aromatic nitrogens is 1. The third kappa shape index (κ3) is 6.96. The summed E-state index contributed by atoms with van der Waals surface area (Å²) >= 11 is 1.48. The fourth-order valence-electron chi connectivity index (χ4n) is 2.96. The fourth-order valence-corrected chi connectivity index (χ4v) is 3.88. The highest BCUT2D eigenvalue weighted by atomic mass is 32.1. The van der Waals surface area contributed by atoms with Crippen LogP contribution >= 0.6 is 11.3 Å². The van der Waals surface area contributed by atoms with Crippen molar-refractivity contribution < 1.29 is 32.7 Å². The summed E-state index contributed by atoms with van der Waals surface area (Å²) in [6.07, 6.45) is -0.520. The molecule has 2 amide bonds. The van der Waals surface area contributed by atoms with E-state index in [0.29, 0.717) is 24.4 Å². The molecule has 1 atom stereocenters. The van der Waals surface area contributed by atoms with Crippen molar-refractivity contribution in [2.24, 2.45) is 0 Å². The summed E-state index contributed by atoms with van der Waals surface area (Å²) in [6, 6.07) is 0.0167. The Hall–Kier alpha value is -2.21. The summed E-state index contributed by atoms with van der Waals surface area (Å²) in [5.74, 6) is -2.75. The predicted molar refractivity (Wildman–Crippen MR) is 98.4 cm³/mol. The van der Waals surface area contributed by atoms with Crippen molar-refractivity contribution in [3.8, 4) is 0 Å². The van der Waals surface area contributed by atoms with Gasteiger partial charge in [-0.2, -0.15) is 13.2 Å². The van der Waals surface area contributed by atoms with E-state index in [4.69, 9.17) is 9.90 Å². The van der Waals surface area contributed by atoms with E-state index in [1.165, 1.54) is 24.2 Å². The number of alkyl halides is 3. The molecule has 2 saturated heterocycles. The number of thiazole rings is 1. The molecule has 0 radical (unpaired) electrons. The molecule has 1 aromatic heterocycles. The summed E-state index contributed by atoms with van der Waals surface area (Å²) < 4.78 is 31.7. The molecule has 2 N–H and O–H groups in total. The van der Waals surface area contributed by atoms with Gasteiger partial charge >= 0.3 is 12.1 Å². The smallest absolute Gasteiger partial charge is 0.475 e. The molecule has 0 saturated carbocycles. The first-order valence-corrected chi connectivity index (χ1v) is 9.94. The lowest BCUT2D eigenvalue weighted by Crippen LogP contribution is -2.41. The molecule has 3 rings (SSSR count). The fraction of sp³-hybridized carbons (Fsp3) is 0.647. The molecule has 0 aliphatic carbocycles. The molecule has 8 nitrogen and oxygen atoms in total. The molecule has 1 unspecified atom stereocenters. The molecule has 2 aliphatic heterocycles. The number of aliphatic carboxylic acids is 1. The van der Waals surface area contributed by atoms with Crippen molar-refractivity contribution >= 4 is 29.1 Å². The zero-order chi connectivity index (χ0) is 21.6. The molecule has 0 spiro atoms. The Morgan fingerprint density at radius 3 is 2.52 bits per heavy atom. The van der Waals surface area contributed by atoms with Gasteiger partial charge in [-0.05, 0) is 32.9 Å². The third-order valence-electron chi connectivity index (χ3n) is 4.53. The van der Waals surface area contributed by atoms with Crippen LogP contribution in [0, 0.1) is 0 Å². The maximum Gasteiger partial charge on any atom is 0.490 e. The first-order chi connectivity index (χ1) is 13.6. The quantitative estimate of drug-likeness (QED) is 0.748. The molecular formula is C17H23F3N4O4S. The van der Waals surface area contributed by atoms with E-state index in [-0.39, 0.29) is 17.9 Å². The number of rotatable bonds is 3. The highest BCUT2D eigenvalue weighted by Gasteiger charge is 2.38. The van der Waals surface area contributed by atoms with E-state index < -0.39 is 12.1 Å². The van der Waals surface area contributed by atoms with Crippen molar-refractivity contribution in [3.63, 3.8) is 0 Å². The molecule has 2 fully saturated rings. The van der Waals surface area contributed by atoms with Crippen LogP contribution in [0.25, 0.3) is 0 Å². The van der Waals surface area contributed by atoms with E-state index in [9.17, 15) is 22.8 Å². The van der Waals surface area contributed by atoms with Crippen LogP contribution in [0.2, 0.25) is 0 Å². The lowest BCUT2D eigenvalue weighted by Gasteiger charge is -2.25. The highest BCUT2D eigenvalue weighted by Crippen LogP contribution is 2.20. The van der Waals surface area contributed by atoms with Crippen molar-refractivity contribution in [3.05, 3.63) is 16.1 Å². The second-order valence-corrected chi connectivity index (χ2v) is 7.92. The van der Waals surface area contributed by atoms with Crippen molar-refractivity contribution in [2.75, 3.05) is 26.2 Å². The summed E-state index contributed by atoms with van der Waals surface area (Å²) in [4.78, 5) is 42.3. The molecule has 0 bridgehead atoms. The van der Waals surface area contributed by atoms with Crippen LogP contribution in [0.1, 0.15) is 40.9 Å². The Bertz CT molecular complexity index is 735. The standard InChI is InChI=1S/C15H22N4O2S.C2HF3O2/c1-11-8-16-13(20)4-7-19(11)15(21)12-9-17-14(22-12)10-18-5-2-3-6-18;3-2(4,5)1(6)7/h9,11H,2-8,10H2,1H3,(H,16,20);(H,6,7). The Labute approximate surface area is 169 Å². The molecule has 1 aromatic rings. The molecule has 162 valence electrons. The second-order valence-electron chi connectivity index (χ2n) is 6.81. The minimum absolute atomic E-state index is 0.00540. The molecule has 29 heavy (non-hydrogen) atoms. The van der Waals surface area contributed by atoms with Crippen LogP contribution in [-0.4, -0.2) is 76.1 Å². The molecule has 12 heteroatoms. The number of halogens is 3. The minimum atomic E-state index is -5.08. The number of carboxylic acid groups (broad SMARTS) is 1. The van der Waals surface area contributed by atoms with Crippen LogP contribution < -0.4 is 5.32 Å². The van der Waals surface area contributed by atoms with Crippen molar-refractivity contribution in [1.82, 2.24) is 20.1 Å². The topological polar surface area (TPSA) is 103 Å². The zero-order valence-corrected chi connectivity index (χ0v) is 16.7. The summed E-state index contributed by atoms with van der Waals surface area (Å²) in [5.41, 5.74) is 0. The number of amides is 2. The van der Waals surface area contributed by atoms with E-state index in [1.54, 1.807) is 11.1 Å². The average molecular weight is 436 g/mol. The zero-order valence-electron chi connectivity index (χ0n) is 15.9. The Morgan fingerprint density at radius 2 is 1.93 bits per heavy atom. The first-order valence-electron chi connectivity index (χ1n) is 9.12. The Balaban J connectivity index is 0.000000370. The number of likely N-dealkylation sites (tertiary alicyclic amines) is 1. The van der Waals surface area contributed by atoms with Gasteiger partial charge in [-0.15, -0.1) is 11.3 Å². The predicted octanol–water partition coefficient (Wildman–Crippen LogP) is 1.72. The number of carboxylic acids is 1. The number of carbonyl (C=O) groups is 3. The monoisotopic (exact) mass is 436 g/mol. The van der Waals surface area contributed by atoms with E-state index >= 15 is 0 Å². The number of hydrogen-bond acceptors (Lipinski definition) is 6. The summed E-state index contributed by atoms with van der Waals surface area (Å²) in [6.45, 7) is 6.05. The minimum Gasteiger partial charge on any atom is -0.475 e. The normalized spacial score (nSPS) is 20.5. The molecule has 0 aromatic carbocycles. The van der Waals surface area contributed by atoms with Gasteiger partial charge in [-0.1, -0.05) is 0 Å². The van der Waals surface area contributed by atoms with Crippen molar-refractivity contribution in [2.45, 2.75) is 44.9 Å². The van der Waals surface area contributed by atoms with E-state index in [0.717, 1.165) is 24.6 Å². The van der Waals surface area contributed by atoms with Gasteiger partial charge in [0.15, 0.2) is 0 Å². The van der Waals surface area contributed by atoms with Crippen LogP contribution in [0.15, 0.2) is 6.20 Å². The molecule has 3 heterocycles. The number of hydrogen-bond donors (Lipinski definition) is 2. The summed E-state index contributed by atoms with van der Waals surface area (Å²) in [5, 5.41) is 11.0. The van der Waals surface area contributed by atoms with Crippen molar-refractivity contribution in [1.29, 1.82) is 0 Å². The highest BCUT2D eigenvalue weighted by molar-refractivity contribution is 7.13. The largest absolute Gasteiger partial charge is 0.490 e. The SMILES string of the molecule is CC1CNC(=O)CCN1C(=O)c1cnc(CN2CCCC2)s1.O=C(O)C(F)(F)F. The van der Waals surface area contributed by atoms with E-state index in [1.807, 2.05) is 6.92 Å². The third-order valence-corrected chi connectivity index (χ3v) is 5.50. The maximum atomic E-state index is 12.7. The maximum absolute atomic E-state index is 12.7. The first kappa shape index (κ1) is 23.1. The van der Waals surface area contributed by atoms with Crippen LogP contribution in [0.3, 0.4) is 0 Å². The van der Waals surface area contributed by atoms with Crippen LogP contribution in [0.5, 0.6) is 0 Å². The van der Waals surface area contributed by atoms with Crippen LogP contribution in [0.4, 0.5) is 13.2 Å². The number of carbonyl (C=O) groups excluding carboxylic acids is 2. The average Bonchev–Trinajstić information content (AvgIpc) is 3.29. The molecule has 2 aliphatic rings. The van der Waals surface area contributed by atoms with Gasteiger partial charge in [-0.3, -0.25) is 14.5 Å². The number of nitrogens with zero attached hydrogens (tertiary/aromatic N) is 3. The van der Waals surface area contributed by atoms with Gasteiger partial charge in [-0.25, -0.2) is 9.78 Å². The molecular weight excluding hydrogens is 413 g/mol. The van der Waals surface area contributed by atoms with Gasteiger partial charge in [0, 0.05) is 25.6 Å². The van der Waals surface area contributed by atoms with Gasteiger partial charge in [0.2, 0.25) is 5.91 Å². The summed E-state index contributed by atoms with van der Waals surface area (Å²) in [7, 11) is 0. The lowest BCUT2D eigenvalue weighted by atomic mass is 10.2.